The normalized spacial score (nSPS) is 12.4. The number of hydrogen-bond acceptors (Lipinski definition) is 7. The molecule has 1 atom stereocenters. The molecule has 0 aromatic rings. The van der Waals surface area contributed by atoms with Gasteiger partial charge in [0.15, 0.2) is 0 Å². The number of rotatable bonds is 5. The van der Waals surface area contributed by atoms with Gasteiger partial charge in [0, 0.05) is 12.4 Å². The van der Waals surface area contributed by atoms with E-state index in [1.165, 1.54) is 0 Å². The Bertz CT molecular complexity index is 267. The summed E-state index contributed by atoms with van der Waals surface area (Å²) >= 11 is 0. The van der Waals surface area contributed by atoms with Crippen LogP contribution in [-0.4, -0.2) is 35.7 Å². The first-order chi connectivity index (χ1) is 6.31. The number of aliphatic hydroxyl groups is 1. The third-order valence-corrected chi connectivity index (χ3v) is 1.48. The van der Waals surface area contributed by atoms with Crippen LogP contribution in [0.15, 0.2) is 0 Å². The fourth-order valence-corrected chi connectivity index (χ4v) is 0.757. The molecule has 0 amide bonds. The summed E-state index contributed by atoms with van der Waals surface area (Å²) in [5.41, 5.74) is -2.79. The van der Waals surface area contributed by atoms with Crippen LogP contribution in [0.4, 0.5) is 0 Å². The molecule has 0 aliphatic heterocycles. The standard InChI is InChI=1S/C7H10O7.2Na/c1-14-5(10)3-7(13,6(11)12)2-4(8)9;;/h13H,2-3H2,1H3,(H,8,9)(H,11,12);;/q;2*+1/p-2. The van der Waals surface area contributed by atoms with Gasteiger partial charge in [-0.25, -0.2) is 0 Å². The van der Waals surface area contributed by atoms with Crippen LogP contribution in [0.2, 0.25) is 0 Å². The summed E-state index contributed by atoms with van der Waals surface area (Å²) in [4.78, 5) is 31.0. The summed E-state index contributed by atoms with van der Waals surface area (Å²) in [5.74, 6) is -4.93. The maximum atomic E-state index is 10.6. The van der Waals surface area contributed by atoms with Crippen LogP contribution < -0.4 is 69.3 Å². The smallest absolute Gasteiger partial charge is 0.550 e. The third kappa shape index (κ3) is 7.61. The quantitative estimate of drug-likeness (QED) is 0.379. The first-order valence-electron chi connectivity index (χ1n) is 3.52. The van der Waals surface area contributed by atoms with E-state index in [2.05, 4.69) is 4.74 Å². The van der Waals surface area contributed by atoms with Gasteiger partial charge in [0.05, 0.1) is 19.5 Å². The van der Waals surface area contributed by atoms with Crippen LogP contribution in [-0.2, 0) is 19.1 Å². The molecule has 0 aliphatic carbocycles. The predicted octanol–water partition coefficient (Wildman–Crippen LogP) is -9.82. The van der Waals surface area contributed by atoms with E-state index in [-0.39, 0.29) is 59.1 Å². The van der Waals surface area contributed by atoms with E-state index in [0.29, 0.717) is 0 Å². The second kappa shape index (κ2) is 9.41. The average Bonchev–Trinajstić information content (AvgIpc) is 2.02. The maximum absolute atomic E-state index is 10.6. The minimum atomic E-state index is -2.79. The summed E-state index contributed by atoms with van der Waals surface area (Å²) in [5, 5.41) is 29.6. The maximum Gasteiger partial charge on any atom is 1.00 e. The number of carboxylic acids is 2. The first kappa shape index (κ1) is 21.6. The molecular formula is C7H8Na2O7. The first-order valence-corrected chi connectivity index (χ1v) is 3.52. The van der Waals surface area contributed by atoms with Crippen molar-refractivity contribution in [1.82, 2.24) is 0 Å². The number of carbonyl (C=O) groups is 3. The molecule has 16 heavy (non-hydrogen) atoms. The Hall–Kier alpha value is 0.370. The number of methoxy groups -OCH3 is 1. The minimum absolute atomic E-state index is 0. The Morgan fingerprint density at radius 1 is 1.19 bits per heavy atom. The molecule has 1 N–H and O–H groups in total. The molecule has 0 spiro atoms. The Balaban J connectivity index is -0.000000845. The van der Waals surface area contributed by atoms with Crippen LogP contribution >= 0.6 is 0 Å². The van der Waals surface area contributed by atoms with E-state index in [4.69, 9.17) is 0 Å². The summed E-state index contributed by atoms with van der Waals surface area (Å²) in [6.45, 7) is 0. The number of ether oxygens (including phenoxy) is 1. The van der Waals surface area contributed by atoms with Gasteiger partial charge in [-0.2, -0.15) is 0 Å². The fourth-order valence-electron chi connectivity index (χ4n) is 0.757. The Kier molecular flexibility index (Phi) is 12.7. The second-order valence-corrected chi connectivity index (χ2v) is 2.62. The van der Waals surface area contributed by atoms with Gasteiger partial charge in [0.1, 0.15) is 5.60 Å². The monoisotopic (exact) mass is 250 g/mol. The van der Waals surface area contributed by atoms with Gasteiger partial charge in [-0.15, -0.1) is 0 Å². The molecule has 0 fully saturated rings. The van der Waals surface area contributed by atoms with Gasteiger partial charge >= 0.3 is 65.1 Å². The van der Waals surface area contributed by atoms with Crippen molar-refractivity contribution in [3.63, 3.8) is 0 Å². The van der Waals surface area contributed by atoms with Crippen molar-refractivity contribution in [2.24, 2.45) is 0 Å². The Morgan fingerprint density at radius 3 is 1.88 bits per heavy atom. The van der Waals surface area contributed by atoms with Gasteiger partial charge in [0.2, 0.25) is 0 Å². The van der Waals surface area contributed by atoms with Crippen LogP contribution in [0.25, 0.3) is 0 Å². The van der Waals surface area contributed by atoms with E-state index >= 15 is 0 Å². The zero-order valence-corrected chi connectivity index (χ0v) is 13.3. The van der Waals surface area contributed by atoms with E-state index < -0.39 is 36.4 Å². The molecule has 9 heteroatoms. The SMILES string of the molecule is COC(=O)CC(O)(CC(=O)[O-])C(=O)[O-].[Na+].[Na+]. The van der Waals surface area contributed by atoms with Crippen molar-refractivity contribution in [2.75, 3.05) is 7.11 Å². The molecule has 0 saturated carbocycles. The Morgan fingerprint density at radius 2 is 1.62 bits per heavy atom. The average molecular weight is 250 g/mol. The molecule has 0 radical (unpaired) electrons. The van der Waals surface area contributed by atoms with Crippen molar-refractivity contribution in [1.29, 1.82) is 0 Å². The van der Waals surface area contributed by atoms with Gasteiger partial charge < -0.3 is 29.6 Å². The number of esters is 1. The van der Waals surface area contributed by atoms with Crippen LogP contribution in [0.3, 0.4) is 0 Å². The number of carboxylic acid groups (broad SMARTS) is 2. The molecule has 0 aliphatic rings. The van der Waals surface area contributed by atoms with Crippen LogP contribution in [0.5, 0.6) is 0 Å². The molecule has 0 rings (SSSR count). The predicted molar refractivity (Wildman–Crippen MR) is 36.2 cm³/mol. The molecular weight excluding hydrogens is 242 g/mol. The largest absolute Gasteiger partial charge is 1.00 e. The fraction of sp³-hybridized carbons (Fsp3) is 0.571. The summed E-state index contributed by atoms with van der Waals surface area (Å²) in [6, 6.07) is 0. The minimum Gasteiger partial charge on any atom is -0.550 e. The molecule has 7 nitrogen and oxygen atoms in total. The van der Waals surface area contributed by atoms with Crippen molar-refractivity contribution in [2.45, 2.75) is 18.4 Å². The van der Waals surface area contributed by atoms with Gasteiger partial charge in [-0.05, 0) is 0 Å². The summed E-state index contributed by atoms with van der Waals surface area (Å²) < 4.78 is 4.07. The van der Waals surface area contributed by atoms with Crippen LogP contribution in [0.1, 0.15) is 12.8 Å². The number of aliphatic carboxylic acids is 2. The van der Waals surface area contributed by atoms with Crippen molar-refractivity contribution in [3.05, 3.63) is 0 Å². The molecule has 0 bridgehead atoms. The zero-order chi connectivity index (χ0) is 11.4. The van der Waals surface area contributed by atoms with Crippen molar-refractivity contribution in [3.8, 4) is 0 Å². The summed E-state index contributed by atoms with van der Waals surface area (Å²) in [6.07, 6.45) is -2.23. The van der Waals surface area contributed by atoms with E-state index in [1.807, 2.05) is 0 Å². The molecule has 1 unspecified atom stereocenters. The molecule has 0 heterocycles. The van der Waals surface area contributed by atoms with Gasteiger partial charge in [-0.3, -0.25) is 4.79 Å². The zero-order valence-electron chi connectivity index (χ0n) is 9.31. The van der Waals surface area contributed by atoms with E-state index in [1.54, 1.807) is 0 Å². The van der Waals surface area contributed by atoms with Gasteiger partial charge in [0.25, 0.3) is 0 Å². The molecule has 0 aromatic heterocycles. The van der Waals surface area contributed by atoms with E-state index in [9.17, 15) is 29.7 Å². The van der Waals surface area contributed by atoms with Crippen molar-refractivity contribution >= 4 is 17.9 Å². The summed E-state index contributed by atoms with van der Waals surface area (Å²) in [7, 11) is 0.969. The molecule has 0 aromatic carbocycles. The number of carbonyl (C=O) groups excluding carboxylic acids is 3. The molecule has 80 valence electrons. The topological polar surface area (TPSA) is 127 Å². The third-order valence-electron chi connectivity index (χ3n) is 1.48. The van der Waals surface area contributed by atoms with Crippen LogP contribution in [0, 0.1) is 0 Å². The molecule has 0 saturated heterocycles. The van der Waals surface area contributed by atoms with Gasteiger partial charge in [-0.1, -0.05) is 0 Å². The second-order valence-electron chi connectivity index (χ2n) is 2.62. The number of hydrogen-bond donors (Lipinski definition) is 1. The van der Waals surface area contributed by atoms with Crippen molar-refractivity contribution < 1.29 is 93.6 Å². The Labute approximate surface area is 136 Å². The van der Waals surface area contributed by atoms with E-state index in [0.717, 1.165) is 7.11 Å².